The average molecular weight is 207 g/mol. The van der Waals surface area contributed by atoms with Gasteiger partial charge in [0.25, 0.3) is 0 Å². The molecule has 0 saturated heterocycles. The largest absolute Gasteiger partial charge is 0.513 e. The highest BCUT2D eigenvalue weighted by Crippen LogP contribution is 2.11. The van der Waals surface area contributed by atoms with Crippen LogP contribution >= 0.6 is 0 Å². The quantitative estimate of drug-likeness (QED) is 0.516. The Morgan fingerprint density at radius 2 is 2.14 bits per heavy atom. The van der Waals surface area contributed by atoms with Gasteiger partial charge in [-0.15, -0.1) is 0 Å². The Bertz CT molecular complexity index is 360. The van der Waals surface area contributed by atoms with Crippen LogP contribution in [0.2, 0.25) is 0 Å². The molecule has 0 N–H and O–H groups in total. The standard InChI is InChI=1S/C6H7BF3N2O2/c1-12-3-4(7(8,9)10)5(11-12)6(13)14-2/h3H,1-2H3/q-1. The van der Waals surface area contributed by atoms with Gasteiger partial charge < -0.3 is 17.7 Å². The summed E-state index contributed by atoms with van der Waals surface area (Å²) in [5.41, 5.74) is -1.72. The molecule has 0 fully saturated rings. The smallest absolute Gasteiger partial charge is 0.464 e. The number of rotatable bonds is 2. The number of carbonyl (C=O) groups is 1. The van der Waals surface area contributed by atoms with Crippen molar-refractivity contribution in [3.63, 3.8) is 0 Å². The van der Waals surface area contributed by atoms with Crippen molar-refractivity contribution < 1.29 is 22.5 Å². The second kappa shape index (κ2) is 3.35. The van der Waals surface area contributed by atoms with Crippen LogP contribution in [0.25, 0.3) is 0 Å². The van der Waals surface area contributed by atoms with Gasteiger partial charge in [0, 0.05) is 7.05 Å². The molecule has 1 aromatic rings. The zero-order chi connectivity index (χ0) is 10.9. The van der Waals surface area contributed by atoms with E-state index in [9.17, 15) is 17.7 Å². The van der Waals surface area contributed by atoms with E-state index < -0.39 is 24.1 Å². The number of halogens is 3. The summed E-state index contributed by atoms with van der Waals surface area (Å²) in [6, 6.07) is 0. The molecule has 0 amide bonds. The Labute approximate surface area is 77.7 Å². The SMILES string of the molecule is COC(=O)c1nn(C)cc1[B-](F)(F)F. The van der Waals surface area contributed by atoms with Crippen molar-refractivity contribution in [1.82, 2.24) is 9.78 Å². The summed E-state index contributed by atoms with van der Waals surface area (Å²) in [4.78, 5) is 10.9. The fourth-order valence-electron chi connectivity index (χ4n) is 1.00. The number of nitrogens with zero attached hydrogens (tertiary/aromatic N) is 2. The van der Waals surface area contributed by atoms with E-state index in [1.807, 2.05) is 0 Å². The molecule has 78 valence electrons. The minimum Gasteiger partial charge on any atom is -0.464 e. The van der Waals surface area contributed by atoms with E-state index in [-0.39, 0.29) is 0 Å². The van der Waals surface area contributed by atoms with Crippen LogP contribution in [-0.4, -0.2) is 29.8 Å². The van der Waals surface area contributed by atoms with Gasteiger partial charge in [0.2, 0.25) is 0 Å². The number of methoxy groups -OCH3 is 1. The molecule has 0 radical (unpaired) electrons. The first-order chi connectivity index (χ1) is 6.36. The minimum absolute atomic E-state index is 0.692. The van der Waals surface area contributed by atoms with Gasteiger partial charge in [0.05, 0.1) is 7.11 Å². The van der Waals surface area contributed by atoms with Crippen molar-refractivity contribution in [1.29, 1.82) is 0 Å². The Morgan fingerprint density at radius 3 is 2.57 bits per heavy atom. The van der Waals surface area contributed by atoms with Crippen molar-refractivity contribution >= 4 is 18.4 Å². The van der Waals surface area contributed by atoms with Gasteiger partial charge in [0.15, 0.2) is 0 Å². The first-order valence-electron chi connectivity index (χ1n) is 3.68. The Morgan fingerprint density at radius 1 is 1.57 bits per heavy atom. The molecule has 0 aliphatic heterocycles. The van der Waals surface area contributed by atoms with Gasteiger partial charge in [-0.2, -0.15) is 5.10 Å². The van der Waals surface area contributed by atoms with E-state index >= 15 is 0 Å². The average Bonchev–Trinajstić information content (AvgIpc) is 2.45. The molecule has 0 aliphatic carbocycles. The van der Waals surface area contributed by atoms with E-state index in [0.717, 1.165) is 18.0 Å². The van der Waals surface area contributed by atoms with Crippen molar-refractivity contribution in [2.75, 3.05) is 7.11 Å². The summed E-state index contributed by atoms with van der Waals surface area (Å²) in [6.45, 7) is -5.24. The van der Waals surface area contributed by atoms with Gasteiger partial charge in [-0.1, -0.05) is 5.46 Å². The number of esters is 1. The molecule has 1 aromatic heterocycles. The lowest BCUT2D eigenvalue weighted by atomic mass is 9.80. The fourth-order valence-corrected chi connectivity index (χ4v) is 1.00. The normalized spacial score (nSPS) is 11.5. The number of hydrogen-bond donors (Lipinski definition) is 0. The summed E-state index contributed by atoms with van der Waals surface area (Å²) >= 11 is 0. The summed E-state index contributed by atoms with van der Waals surface area (Å²) in [5, 5.41) is 3.39. The first kappa shape index (κ1) is 10.6. The highest BCUT2D eigenvalue weighted by molar-refractivity contribution is 6.74. The number of carbonyl (C=O) groups excluding carboxylic acids is 1. The molecule has 0 bridgehead atoms. The van der Waals surface area contributed by atoms with E-state index in [2.05, 4.69) is 9.84 Å². The van der Waals surface area contributed by atoms with Gasteiger partial charge in [0.1, 0.15) is 5.69 Å². The van der Waals surface area contributed by atoms with Gasteiger partial charge in [-0.3, -0.25) is 4.68 Å². The van der Waals surface area contributed by atoms with Gasteiger partial charge in [-0.05, 0) is 6.20 Å². The zero-order valence-corrected chi connectivity index (χ0v) is 7.50. The summed E-state index contributed by atoms with van der Waals surface area (Å²) in [7, 11) is 2.31. The molecule has 0 atom stereocenters. The predicted molar refractivity (Wildman–Crippen MR) is 43.3 cm³/mol. The molecule has 0 spiro atoms. The number of aromatic nitrogens is 2. The molecule has 1 heterocycles. The predicted octanol–water partition coefficient (Wildman–Crippen LogP) is 0.261. The van der Waals surface area contributed by atoms with E-state index in [0.29, 0.717) is 0 Å². The molecule has 0 unspecified atom stereocenters. The summed E-state index contributed by atoms with van der Waals surface area (Å²) in [6.07, 6.45) is 0.756. The van der Waals surface area contributed by atoms with E-state index in [4.69, 9.17) is 0 Å². The molecule has 4 nitrogen and oxygen atoms in total. The van der Waals surface area contributed by atoms with Crippen molar-refractivity contribution in [3.05, 3.63) is 11.9 Å². The molecular weight excluding hydrogens is 200 g/mol. The van der Waals surface area contributed by atoms with Crippen LogP contribution in [0.5, 0.6) is 0 Å². The van der Waals surface area contributed by atoms with Crippen LogP contribution in [0, 0.1) is 0 Å². The summed E-state index contributed by atoms with van der Waals surface area (Å²) in [5.74, 6) is -1.08. The minimum atomic E-state index is -5.24. The summed E-state index contributed by atoms with van der Waals surface area (Å²) < 4.78 is 42.2. The van der Waals surface area contributed by atoms with Crippen LogP contribution in [0.4, 0.5) is 12.9 Å². The molecule has 14 heavy (non-hydrogen) atoms. The van der Waals surface area contributed by atoms with E-state index in [1.165, 1.54) is 7.05 Å². The third-order valence-electron chi connectivity index (χ3n) is 1.59. The maximum absolute atomic E-state index is 12.4. The third-order valence-corrected chi connectivity index (χ3v) is 1.59. The maximum atomic E-state index is 12.4. The molecule has 0 aliphatic rings. The zero-order valence-electron chi connectivity index (χ0n) is 7.50. The number of aryl methyl sites for hydroxylation is 1. The van der Waals surface area contributed by atoms with Crippen LogP contribution in [0.15, 0.2) is 6.20 Å². The first-order valence-corrected chi connectivity index (χ1v) is 3.68. The lowest BCUT2D eigenvalue weighted by molar-refractivity contribution is 0.0594. The van der Waals surface area contributed by atoms with Crippen LogP contribution < -0.4 is 5.46 Å². The van der Waals surface area contributed by atoms with Crippen molar-refractivity contribution in [2.24, 2.45) is 7.05 Å². The Kier molecular flexibility index (Phi) is 2.54. The second-order valence-electron chi connectivity index (χ2n) is 2.67. The Balaban J connectivity index is 3.23. The topological polar surface area (TPSA) is 44.1 Å². The second-order valence-corrected chi connectivity index (χ2v) is 2.67. The molecule has 0 aromatic carbocycles. The van der Waals surface area contributed by atoms with Crippen LogP contribution in [-0.2, 0) is 11.8 Å². The maximum Gasteiger partial charge on any atom is 0.513 e. The lowest BCUT2D eigenvalue weighted by Crippen LogP contribution is -2.37. The fraction of sp³-hybridized carbons (Fsp3) is 0.333. The molecule has 1 rings (SSSR count). The Hall–Kier alpha value is -1.47. The van der Waals surface area contributed by atoms with Crippen LogP contribution in [0.3, 0.4) is 0 Å². The highest BCUT2D eigenvalue weighted by atomic mass is 19.4. The monoisotopic (exact) mass is 207 g/mol. The lowest BCUT2D eigenvalue weighted by Gasteiger charge is -2.12. The van der Waals surface area contributed by atoms with Crippen molar-refractivity contribution in [3.8, 4) is 0 Å². The van der Waals surface area contributed by atoms with Gasteiger partial charge >= 0.3 is 12.9 Å². The van der Waals surface area contributed by atoms with E-state index in [1.54, 1.807) is 0 Å². The molecule has 0 saturated carbocycles. The number of ether oxygens (including phenoxy) is 1. The molecule has 8 heteroatoms. The van der Waals surface area contributed by atoms with Crippen LogP contribution in [0.1, 0.15) is 10.5 Å². The highest BCUT2D eigenvalue weighted by Gasteiger charge is 2.33. The molecular formula is C6H7BF3N2O2-. The van der Waals surface area contributed by atoms with Crippen molar-refractivity contribution in [2.45, 2.75) is 0 Å². The van der Waals surface area contributed by atoms with Gasteiger partial charge in [-0.25, -0.2) is 4.79 Å². The number of hydrogen-bond acceptors (Lipinski definition) is 3. The third kappa shape index (κ3) is 1.89.